The summed E-state index contributed by atoms with van der Waals surface area (Å²) in [5.41, 5.74) is 2.27. The lowest BCUT2D eigenvalue weighted by molar-refractivity contribution is -0.130. The zero-order valence-corrected chi connectivity index (χ0v) is 18.9. The Morgan fingerprint density at radius 2 is 1.93 bits per heavy atom. The van der Waals surface area contributed by atoms with Gasteiger partial charge < -0.3 is 25.0 Å². The fraction of sp³-hybridized carbons (Fsp3) is 0.636. The van der Waals surface area contributed by atoms with Crippen molar-refractivity contribution in [3.8, 4) is 5.75 Å². The first-order valence-corrected chi connectivity index (χ1v) is 10.7. The molecule has 1 aromatic carbocycles. The van der Waals surface area contributed by atoms with Crippen molar-refractivity contribution in [2.24, 2.45) is 4.99 Å². The Morgan fingerprint density at radius 3 is 2.60 bits per heavy atom. The summed E-state index contributed by atoms with van der Waals surface area (Å²) in [5, 5.41) is 6.74. The van der Waals surface area contributed by atoms with Crippen molar-refractivity contribution in [1.82, 2.24) is 20.4 Å². The smallest absolute Gasteiger partial charge is 0.219 e. The van der Waals surface area contributed by atoms with Crippen LogP contribution in [0.5, 0.6) is 5.75 Å². The van der Waals surface area contributed by atoms with Crippen LogP contribution in [0.3, 0.4) is 0 Å². The third-order valence-corrected chi connectivity index (χ3v) is 5.18. The number of methoxy groups -OCH3 is 1. The molecule has 1 amide bonds. The van der Waals surface area contributed by atoms with Gasteiger partial charge in [0.05, 0.1) is 6.61 Å². The van der Waals surface area contributed by atoms with Crippen molar-refractivity contribution >= 4 is 11.9 Å². The summed E-state index contributed by atoms with van der Waals surface area (Å²) in [4.78, 5) is 20.0. The molecule has 1 aromatic rings. The molecule has 8 nitrogen and oxygen atoms in total. The maximum Gasteiger partial charge on any atom is 0.219 e. The van der Waals surface area contributed by atoms with E-state index in [-0.39, 0.29) is 5.91 Å². The Labute approximate surface area is 180 Å². The van der Waals surface area contributed by atoms with Crippen LogP contribution in [0.2, 0.25) is 0 Å². The molecule has 0 spiro atoms. The first kappa shape index (κ1) is 24.0. The number of nitrogens with one attached hydrogen (secondary N) is 2. The van der Waals surface area contributed by atoms with Crippen molar-refractivity contribution in [3.05, 3.63) is 29.3 Å². The summed E-state index contributed by atoms with van der Waals surface area (Å²) in [6, 6.07) is 6.26. The van der Waals surface area contributed by atoms with E-state index in [0.717, 1.165) is 63.0 Å². The third kappa shape index (κ3) is 8.20. The average Bonchev–Trinajstić information content (AvgIpc) is 2.75. The summed E-state index contributed by atoms with van der Waals surface area (Å²) in [5.74, 6) is 1.83. The number of hydrogen-bond donors (Lipinski definition) is 2. The van der Waals surface area contributed by atoms with Gasteiger partial charge in [0.25, 0.3) is 0 Å². The van der Waals surface area contributed by atoms with E-state index in [9.17, 15) is 4.79 Å². The minimum Gasteiger partial charge on any atom is -0.493 e. The minimum absolute atomic E-state index is 0.163. The first-order valence-electron chi connectivity index (χ1n) is 10.7. The molecule has 1 aliphatic rings. The van der Waals surface area contributed by atoms with Crippen molar-refractivity contribution in [3.63, 3.8) is 0 Å². The SMILES string of the molecule is CN=C(NCCN1CCN(C(C)=O)CC1)NCc1ccc(C)cc1OCCCOC. The number of ether oxygens (including phenoxy) is 2. The summed E-state index contributed by atoms with van der Waals surface area (Å²) < 4.78 is 11.0. The van der Waals surface area contributed by atoms with Gasteiger partial charge in [0.15, 0.2) is 5.96 Å². The monoisotopic (exact) mass is 419 g/mol. The molecule has 0 saturated carbocycles. The molecule has 1 saturated heterocycles. The molecule has 1 fully saturated rings. The van der Waals surface area contributed by atoms with Crippen molar-refractivity contribution < 1.29 is 14.3 Å². The summed E-state index contributed by atoms with van der Waals surface area (Å²) in [6.07, 6.45) is 0.862. The predicted octanol–water partition coefficient (Wildman–Crippen LogP) is 1.24. The number of guanidine groups is 1. The van der Waals surface area contributed by atoms with Gasteiger partial charge in [-0.15, -0.1) is 0 Å². The van der Waals surface area contributed by atoms with E-state index in [1.807, 2.05) is 4.90 Å². The second-order valence-corrected chi connectivity index (χ2v) is 7.51. The highest BCUT2D eigenvalue weighted by atomic mass is 16.5. The number of rotatable bonds is 10. The van der Waals surface area contributed by atoms with Crippen LogP contribution in [0.15, 0.2) is 23.2 Å². The van der Waals surface area contributed by atoms with Gasteiger partial charge in [-0.3, -0.25) is 14.7 Å². The topological polar surface area (TPSA) is 78.4 Å². The maximum atomic E-state index is 11.4. The van der Waals surface area contributed by atoms with Gasteiger partial charge in [-0.1, -0.05) is 12.1 Å². The van der Waals surface area contributed by atoms with Gasteiger partial charge >= 0.3 is 0 Å². The molecule has 2 N–H and O–H groups in total. The van der Waals surface area contributed by atoms with E-state index in [0.29, 0.717) is 19.8 Å². The lowest BCUT2D eigenvalue weighted by Crippen LogP contribution is -2.50. The molecule has 0 radical (unpaired) electrons. The number of carbonyl (C=O) groups excluding carboxylic acids is 1. The molecule has 0 bridgehead atoms. The quantitative estimate of drug-likeness (QED) is 0.338. The molecule has 168 valence electrons. The molecule has 0 unspecified atom stereocenters. The molecule has 30 heavy (non-hydrogen) atoms. The van der Waals surface area contributed by atoms with E-state index in [2.05, 4.69) is 45.6 Å². The first-order chi connectivity index (χ1) is 14.5. The largest absolute Gasteiger partial charge is 0.493 e. The van der Waals surface area contributed by atoms with E-state index in [1.165, 1.54) is 5.56 Å². The zero-order chi connectivity index (χ0) is 21.8. The van der Waals surface area contributed by atoms with Gasteiger partial charge in [0, 0.05) is 85.5 Å². The number of aliphatic imine (C=N–C) groups is 1. The van der Waals surface area contributed by atoms with Crippen molar-refractivity contribution in [1.29, 1.82) is 0 Å². The fourth-order valence-electron chi connectivity index (χ4n) is 3.35. The van der Waals surface area contributed by atoms with E-state index >= 15 is 0 Å². The maximum absolute atomic E-state index is 11.4. The molecule has 0 atom stereocenters. The molecule has 0 aliphatic carbocycles. The van der Waals surface area contributed by atoms with Crippen LogP contribution < -0.4 is 15.4 Å². The second-order valence-electron chi connectivity index (χ2n) is 7.51. The van der Waals surface area contributed by atoms with Crippen molar-refractivity contribution in [2.75, 3.05) is 66.6 Å². The number of piperazine rings is 1. The number of aryl methyl sites for hydroxylation is 1. The van der Waals surface area contributed by atoms with Gasteiger partial charge in [0.2, 0.25) is 5.91 Å². The summed E-state index contributed by atoms with van der Waals surface area (Å²) in [7, 11) is 3.48. The number of hydrogen-bond acceptors (Lipinski definition) is 5. The van der Waals surface area contributed by atoms with Crippen LogP contribution in [0.4, 0.5) is 0 Å². The van der Waals surface area contributed by atoms with Crippen LogP contribution in [0, 0.1) is 6.92 Å². The Kier molecular flexibility index (Phi) is 10.4. The normalized spacial score (nSPS) is 15.2. The molecule has 0 aromatic heterocycles. The number of carbonyl (C=O) groups is 1. The highest BCUT2D eigenvalue weighted by molar-refractivity contribution is 5.79. The van der Waals surface area contributed by atoms with E-state index in [4.69, 9.17) is 9.47 Å². The Hall–Kier alpha value is -2.32. The Balaban J connectivity index is 1.75. The molecule has 1 heterocycles. The predicted molar refractivity (Wildman–Crippen MR) is 120 cm³/mol. The number of benzene rings is 1. The Morgan fingerprint density at radius 1 is 1.17 bits per heavy atom. The average molecular weight is 420 g/mol. The van der Waals surface area contributed by atoms with Gasteiger partial charge in [-0.05, 0) is 18.6 Å². The van der Waals surface area contributed by atoms with E-state index < -0.39 is 0 Å². The van der Waals surface area contributed by atoms with Crippen LogP contribution in [0.25, 0.3) is 0 Å². The molecule has 1 aliphatic heterocycles. The van der Waals surface area contributed by atoms with Crippen LogP contribution in [0.1, 0.15) is 24.5 Å². The molecular formula is C22H37N5O3. The highest BCUT2D eigenvalue weighted by Crippen LogP contribution is 2.20. The standard InChI is InChI=1S/C22H37N5O3/c1-18-6-7-20(21(16-18)30-15-5-14-29-4)17-25-22(23-3)24-8-9-26-10-12-27(13-11-26)19(2)28/h6-7,16H,5,8-15,17H2,1-4H3,(H2,23,24,25). The van der Waals surface area contributed by atoms with Gasteiger partial charge in [0.1, 0.15) is 5.75 Å². The van der Waals surface area contributed by atoms with Gasteiger partial charge in [-0.2, -0.15) is 0 Å². The van der Waals surface area contributed by atoms with E-state index in [1.54, 1.807) is 21.1 Å². The van der Waals surface area contributed by atoms with Gasteiger partial charge in [-0.25, -0.2) is 0 Å². The van der Waals surface area contributed by atoms with Crippen molar-refractivity contribution in [2.45, 2.75) is 26.8 Å². The molecule has 2 rings (SSSR count). The van der Waals surface area contributed by atoms with Crippen LogP contribution >= 0.6 is 0 Å². The van der Waals surface area contributed by atoms with Crippen LogP contribution in [-0.2, 0) is 16.1 Å². The second kappa shape index (κ2) is 13.1. The summed E-state index contributed by atoms with van der Waals surface area (Å²) in [6.45, 7) is 10.8. The third-order valence-electron chi connectivity index (χ3n) is 5.18. The lowest BCUT2D eigenvalue weighted by atomic mass is 10.1. The lowest BCUT2D eigenvalue weighted by Gasteiger charge is -2.34. The number of amides is 1. The molecule has 8 heteroatoms. The summed E-state index contributed by atoms with van der Waals surface area (Å²) >= 11 is 0. The minimum atomic E-state index is 0.163. The van der Waals surface area contributed by atoms with Crippen LogP contribution in [-0.4, -0.2) is 88.3 Å². The highest BCUT2D eigenvalue weighted by Gasteiger charge is 2.18. The fourth-order valence-corrected chi connectivity index (χ4v) is 3.35. The number of nitrogens with zero attached hydrogens (tertiary/aromatic N) is 3. The Bertz CT molecular complexity index is 687. The molecular weight excluding hydrogens is 382 g/mol. The zero-order valence-electron chi connectivity index (χ0n) is 18.9.